The second-order valence-electron chi connectivity index (χ2n) is 4.47. The number of carbonyl (C=O) groups excluding carboxylic acids is 1. The summed E-state index contributed by atoms with van der Waals surface area (Å²) in [7, 11) is 0. The fourth-order valence-electron chi connectivity index (χ4n) is 1.98. The van der Waals surface area contributed by atoms with Gasteiger partial charge in [0.2, 0.25) is 5.91 Å². The Morgan fingerprint density at radius 2 is 2.05 bits per heavy atom. The van der Waals surface area contributed by atoms with Crippen LogP contribution < -0.4 is 10.6 Å². The van der Waals surface area contributed by atoms with Crippen molar-refractivity contribution < 1.29 is 4.79 Å². The number of nitrogens with zero attached hydrogens (tertiary/aromatic N) is 2. The van der Waals surface area contributed by atoms with Crippen molar-refractivity contribution in [2.45, 2.75) is 32.4 Å². The quantitative estimate of drug-likeness (QED) is 0.583. The fourth-order valence-corrected chi connectivity index (χ4v) is 3.16. The Labute approximate surface area is 120 Å². The second kappa shape index (κ2) is 9.07. The molecule has 110 valence electrons. The van der Waals surface area contributed by atoms with Gasteiger partial charge in [0.05, 0.1) is 0 Å². The summed E-state index contributed by atoms with van der Waals surface area (Å²) in [5.41, 5.74) is 0. The van der Waals surface area contributed by atoms with E-state index in [1.807, 2.05) is 18.7 Å². The van der Waals surface area contributed by atoms with E-state index in [2.05, 4.69) is 34.4 Å². The summed E-state index contributed by atoms with van der Waals surface area (Å²) in [5.74, 6) is 1.98. The molecule has 1 aliphatic heterocycles. The first kappa shape index (κ1) is 16.1. The summed E-state index contributed by atoms with van der Waals surface area (Å²) in [6.07, 6.45) is 1.18. The molecule has 1 fully saturated rings. The van der Waals surface area contributed by atoms with Crippen molar-refractivity contribution in [3.8, 4) is 0 Å². The number of rotatable bonds is 5. The molecule has 2 N–H and O–H groups in total. The Balaban J connectivity index is 2.59. The van der Waals surface area contributed by atoms with Crippen LogP contribution in [0.5, 0.6) is 0 Å². The third kappa shape index (κ3) is 5.72. The number of nitrogens with one attached hydrogen (secondary N) is 2. The highest BCUT2D eigenvalue weighted by Gasteiger charge is 2.21. The summed E-state index contributed by atoms with van der Waals surface area (Å²) >= 11 is 2.03. The molecule has 1 heterocycles. The van der Waals surface area contributed by atoms with Gasteiger partial charge in [-0.15, -0.1) is 0 Å². The lowest BCUT2D eigenvalue weighted by molar-refractivity contribution is -0.119. The molecule has 0 radical (unpaired) electrons. The summed E-state index contributed by atoms with van der Waals surface area (Å²) in [6.45, 7) is 9.90. The predicted octanol–water partition coefficient (Wildman–Crippen LogP) is 0.915. The number of hydrogen-bond acceptors (Lipinski definition) is 3. The number of guanidine groups is 1. The smallest absolute Gasteiger partial charge is 0.241 e. The highest BCUT2D eigenvalue weighted by Crippen LogP contribution is 2.20. The van der Waals surface area contributed by atoms with Gasteiger partial charge in [-0.3, -0.25) is 4.79 Å². The van der Waals surface area contributed by atoms with E-state index >= 15 is 0 Å². The molecule has 0 aliphatic carbocycles. The molecule has 0 saturated carbocycles. The van der Waals surface area contributed by atoms with Crippen LogP contribution in [0.25, 0.3) is 0 Å². The first-order chi connectivity index (χ1) is 9.21. The third-order valence-electron chi connectivity index (χ3n) is 2.97. The zero-order chi connectivity index (χ0) is 14.1. The molecule has 0 bridgehead atoms. The van der Waals surface area contributed by atoms with Crippen LogP contribution >= 0.6 is 11.8 Å². The summed E-state index contributed by atoms with van der Waals surface area (Å²) in [5, 5.41) is 6.72. The summed E-state index contributed by atoms with van der Waals surface area (Å²) < 4.78 is 0. The molecule has 0 aromatic heterocycles. The molecule has 1 aliphatic rings. The van der Waals surface area contributed by atoms with Crippen molar-refractivity contribution in [2.75, 3.05) is 38.5 Å². The maximum absolute atomic E-state index is 11.5. The standard InChI is InChI=1S/C13H26N4OS/c1-4-11-10-17(7-8-19-11)13(15-6-3)16-9-12(18)14-5-2/h11H,4-10H2,1-3H3,(H,14,18)(H,15,16). The van der Waals surface area contributed by atoms with Gasteiger partial charge in [-0.1, -0.05) is 6.92 Å². The van der Waals surface area contributed by atoms with Crippen LogP contribution in [0.15, 0.2) is 4.99 Å². The third-order valence-corrected chi connectivity index (χ3v) is 4.35. The van der Waals surface area contributed by atoms with Gasteiger partial charge in [0.15, 0.2) is 5.96 Å². The first-order valence-electron chi connectivity index (χ1n) is 7.12. The van der Waals surface area contributed by atoms with E-state index in [0.29, 0.717) is 11.8 Å². The normalized spacial score (nSPS) is 20.3. The highest BCUT2D eigenvalue weighted by atomic mass is 32.2. The van der Waals surface area contributed by atoms with Gasteiger partial charge < -0.3 is 15.5 Å². The van der Waals surface area contributed by atoms with E-state index < -0.39 is 0 Å². The minimum Gasteiger partial charge on any atom is -0.357 e. The molecular formula is C13H26N4OS. The van der Waals surface area contributed by atoms with Crippen LogP contribution in [0.2, 0.25) is 0 Å². The Morgan fingerprint density at radius 1 is 1.32 bits per heavy atom. The van der Waals surface area contributed by atoms with Crippen LogP contribution in [0.1, 0.15) is 27.2 Å². The molecule has 0 aromatic carbocycles. The average molecular weight is 286 g/mol. The highest BCUT2D eigenvalue weighted by molar-refractivity contribution is 8.00. The Hall–Kier alpha value is -0.910. The molecule has 0 aromatic rings. The molecule has 1 amide bonds. The van der Waals surface area contributed by atoms with Gasteiger partial charge in [0, 0.05) is 37.2 Å². The monoisotopic (exact) mass is 286 g/mol. The lowest BCUT2D eigenvalue weighted by Gasteiger charge is -2.34. The Bertz CT molecular complexity index is 309. The summed E-state index contributed by atoms with van der Waals surface area (Å²) in [6, 6.07) is 0. The number of carbonyl (C=O) groups is 1. The SMILES string of the molecule is CCNC(=O)CN=C(NCC)N1CCSC(CC)C1. The maximum Gasteiger partial charge on any atom is 0.241 e. The maximum atomic E-state index is 11.5. The molecule has 0 spiro atoms. The van der Waals surface area contributed by atoms with E-state index in [1.165, 1.54) is 6.42 Å². The number of likely N-dealkylation sites (N-methyl/N-ethyl adjacent to an activating group) is 1. The molecule has 19 heavy (non-hydrogen) atoms. The predicted molar refractivity (Wildman–Crippen MR) is 82.8 cm³/mol. The molecule has 1 unspecified atom stereocenters. The van der Waals surface area contributed by atoms with Crippen molar-refractivity contribution in [2.24, 2.45) is 4.99 Å². The van der Waals surface area contributed by atoms with Crippen LogP contribution in [-0.2, 0) is 4.79 Å². The van der Waals surface area contributed by atoms with Crippen LogP contribution in [0, 0.1) is 0 Å². The minimum absolute atomic E-state index is 0.0173. The Kier molecular flexibility index (Phi) is 7.70. The van der Waals surface area contributed by atoms with Crippen molar-refractivity contribution in [3.63, 3.8) is 0 Å². The van der Waals surface area contributed by atoms with Crippen molar-refractivity contribution in [1.82, 2.24) is 15.5 Å². The van der Waals surface area contributed by atoms with Crippen LogP contribution in [0.3, 0.4) is 0 Å². The number of amides is 1. The van der Waals surface area contributed by atoms with Gasteiger partial charge in [-0.2, -0.15) is 11.8 Å². The van der Waals surface area contributed by atoms with Gasteiger partial charge in [-0.25, -0.2) is 4.99 Å². The van der Waals surface area contributed by atoms with Gasteiger partial charge in [0.1, 0.15) is 6.54 Å². The number of thioether (sulfide) groups is 1. The lowest BCUT2D eigenvalue weighted by atomic mass is 10.3. The number of aliphatic imine (C=N–C) groups is 1. The second-order valence-corrected chi connectivity index (χ2v) is 5.88. The lowest BCUT2D eigenvalue weighted by Crippen LogP contribution is -2.48. The van der Waals surface area contributed by atoms with E-state index in [4.69, 9.17) is 0 Å². The van der Waals surface area contributed by atoms with E-state index in [9.17, 15) is 4.79 Å². The molecule has 5 nitrogen and oxygen atoms in total. The average Bonchev–Trinajstić information content (AvgIpc) is 2.44. The first-order valence-corrected chi connectivity index (χ1v) is 8.17. The Morgan fingerprint density at radius 3 is 2.68 bits per heavy atom. The van der Waals surface area contributed by atoms with Crippen molar-refractivity contribution in [1.29, 1.82) is 0 Å². The largest absolute Gasteiger partial charge is 0.357 e. The van der Waals surface area contributed by atoms with Crippen molar-refractivity contribution in [3.05, 3.63) is 0 Å². The molecule has 6 heteroatoms. The molecular weight excluding hydrogens is 260 g/mol. The van der Waals surface area contributed by atoms with E-state index in [-0.39, 0.29) is 12.5 Å². The fraction of sp³-hybridized carbons (Fsp3) is 0.846. The van der Waals surface area contributed by atoms with Crippen molar-refractivity contribution >= 4 is 23.6 Å². The zero-order valence-electron chi connectivity index (χ0n) is 12.2. The van der Waals surface area contributed by atoms with Gasteiger partial charge >= 0.3 is 0 Å². The summed E-state index contributed by atoms with van der Waals surface area (Å²) in [4.78, 5) is 18.2. The van der Waals surface area contributed by atoms with Crippen LogP contribution in [-0.4, -0.2) is 60.5 Å². The van der Waals surface area contributed by atoms with E-state index in [1.54, 1.807) is 0 Å². The van der Waals surface area contributed by atoms with Gasteiger partial charge in [-0.05, 0) is 20.3 Å². The number of hydrogen-bond donors (Lipinski definition) is 2. The van der Waals surface area contributed by atoms with Crippen LogP contribution in [0.4, 0.5) is 0 Å². The van der Waals surface area contributed by atoms with Gasteiger partial charge in [0.25, 0.3) is 0 Å². The minimum atomic E-state index is -0.0173. The molecule has 1 rings (SSSR count). The molecule has 1 saturated heterocycles. The topological polar surface area (TPSA) is 56.7 Å². The molecule has 1 atom stereocenters. The van der Waals surface area contributed by atoms with E-state index in [0.717, 1.165) is 31.3 Å². The zero-order valence-corrected chi connectivity index (χ0v) is 13.1.